The van der Waals surface area contributed by atoms with E-state index >= 15 is 0 Å². The molecule has 0 atom stereocenters. The van der Waals surface area contributed by atoms with E-state index in [-0.39, 0.29) is 12.5 Å². The number of carbonyl (C=O) groups is 1. The van der Waals surface area contributed by atoms with Gasteiger partial charge in [0, 0.05) is 25.9 Å². The summed E-state index contributed by atoms with van der Waals surface area (Å²) in [6.45, 7) is 0.0448. The average Bonchev–Trinajstić information content (AvgIpc) is 2.29. The van der Waals surface area contributed by atoms with E-state index < -0.39 is 0 Å². The lowest BCUT2D eigenvalue weighted by atomic mass is 10.2. The van der Waals surface area contributed by atoms with Crippen molar-refractivity contribution in [3.05, 3.63) is 18.2 Å². The van der Waals surface area contributed by atoms with Crippen LogP contribution in [0.5, 0.6) is 5.75 Å². The van der Waals surface area contributed by atoms with Crippen LogP contribution in [0, 0.1) is 0 Å². The number of nitrogen functional groups attached to an aromatic ring is 1. The van der Waals surface area contributed by atoms with Crippen LogP contribution in [0.1, 0.15) is 0 Å². The van der Waals surface area contributed by atoms with Gasteiger partial charge in [0.05, 0.1) is 12.8 Å². The Morgan fingerprint density at radius 2 is 2.12 bits per heavy atom. The van der Waals surface area contributed by atoms with E-state index in [2.05, 4.69) is 0 Å². The van der Waals surface area contributed by atoms with Crippen LogP contribution in [0.2, 0.25) is 0 Å². The summed E-state index contributed by atoms with van der Waals surface area (Å²) in [7, 11) is 4.69. The Hall–Kier alpha value is -1.75. The lowest BCUT2D eigenvalue weighted by molar-refractivity contribution is -0.121. The van der Waals surface area contributed by atoms with Crippen molar-refractivity contribution in [2.75, 3.05) is 38.5 Å². The fraction of sp³-hybridized carbons (Fsp3) is 0.364. The fourth-order valence-corrected chi connectivity index (χ4v) is 1.27. The average molecular weight is 224 g/mol. The maximum absolute atomic E-state index is 11.6. The smallest absolute Gasteiger partial charge is 0.252 e. The molecule has 0 unspecified atom stereocenters. The SMILES string of the molecule is COCC(=O)N(C)c1ccc(N)c(OC)c1. The van der Waals surface area contributed by atoms with Crippen LogP contribution >= 0.6 is 0 Å². The number of benzene rings is 1. The third-order valence-electron chi connectivity index (χ3n) is 2.25. The molecule has 88 valence electrons. The van der Waals surface area contributed by atoms with Gasteiger partial charge in [-0.2, -0.15) is 0 Å². The molecule has 0 aromatic heterocycles. The van der Waals surface area contributed by atoms with Crippen molar-refractivity contribution in [2.24, 2.45) is 0 Å². The standard InChI is InChI=1S/C11H16N2O3/c1-13(11(14)7-15-2)8-4-5-9(12)10(6-8)16-3/h4-6H,7,12H2,1-3H3. The molecule has 0 spiro atoms. The summed E-state index contributed by atoms with van der Waals surface area (Å²) in [6.07, 6.45) is 0. The molecule has 0 heterocycles. The zero-order valence-corrected chi connectivity index (χ0v) is 9.69. The van der Waals surface area contributed by atoms with Gasteiger partial charge < -0.3 is 20.1 Å². The number of methoxy groups -OCH3 is 2. The minimum atomic E-state index is -0.130. The van der Waals surface area contributed by atoms with E-state index in [9.17, 15) is 4.79 Å². The number of likely N-dealkylation sites (N-methyl/N-ethyl adjacent to an activating group) is 1. The highest BCUT2D eigenvalue weighted by Crippen LogP contribution is 2.26. The molecule has 1 amide bonds. The van der Waals surface area contributed by atoms with Crippen molar-refractivity contribution < 1.29 is 14.3 Å². The number of hydrogen-bond acceptors (Lipinski definition) is 4. The van der Waals surface area contributed by atoms with Crippen molar-refractivity contribution >= 4 is 17.3 Å². The van der Waals surface area contributed by atoms with Gasteiger partial charge in [-0.1, -0.05) is 0 Å². The molecule has 5 heteroatoms. The van der Waals surface area contributed by atoms with Crippen molar-refractivity contribution in [3.63, 3.8) is 0 Å². The predicted molar refractivity (Wildman–Crippen MR) is 62.7 cm³/mol. The number of hydrogen-bond donors (Lipinski definition) is 1. The molecule has 0 fully saturated rings. The van der Waals surface area contributed by atoms with Crippen LogP contribution in [0.3, 0.4) is 0 Å². The van der Waals surface area contributed by atoms with Crippen LogP contribution in [0.25, 0.3) is 0 Å². The molecule has 0 bridgehead atoms. The zero-order valence-electron chi connectivity index (χ0n) is 9.69. The summed E-state index contributed by atoms with van der Waals surface area (Å²) >= 11 is 0. The van der Waals surface area contributed by atoms with Gasteiger partial charge in [0.2, 0.25) is 0 Å². The van der Waals surface area contributed by atoms with Crippen LogP contribution in [-0.4, -0.2) is 33.8 Å². The topological polar surface area (TPSA) is 64.8 Å². The number of ether oxygens (including phenoxy) is 2. The summed E-state index contributed by atoms with van der Waals surface area (Å²) < 4.78 is 9.86. The molecular formula is C11H16N2O3. The maximum atomic E-state index is 11.6. The molecule has 0 aliphatic heterocycles. The first-order valence-electron chi connectivity index (χ1n) is 4.79. The lowest BCUT2D eigenvalue weighted by Crippen LogP contribution is -2.29. The number of anilines is 2. The Morgan fingerprint density at radius 3 is 2.69 bits per heavy atom. The molecule has 1 rings (SSSR count). The zero-order chi connectivity index (χ0) is 12.1. The Kier molecular flexibility index (Phi) is 4.13. The third-order valence-corrected chi connectivity index (χ3v) is 2.25. The number of carbonyl (C=O) groups excluding carboxylic acids is 1. The molecule has 0 saturated heterocycles. The maximum Gasteiger partial charge on any atom is 0.252 e. The van der Waals surface area contributed by atoms with Crippen molar-refractivity contribution in [2.45, 2.75) is 0 Å². The molecule has 0 aliphatic rings. The van der Waals surface area contributed by atoms with E-state index in [0.717, 1.165) is 0 Å². The van der Waals surface area contributed by atoms with Gasteiger partial charge in [-0.3, -0.25) is 4.79 Å². The third kappa shape index (κ3) is 2.64. The molecule has 0 aliphatic carbocycles. The second-order valence-electron chi connectivity index (χ2n) is 3.31. The molecule has 0 radical (unpaired) electrons. The van der Waals surface area contributed by atoms with Crippen LogP contribution in [0.4, 0.5) is 11.4 Å². The van der Waals surface area contributed by atoms with E-state index in [1.165, 1.54) is 19.1 Å². The summed E-state index contributed by atoms with van der Waals surface area (Å²) in [5.74, 6) is 0.420. The molecule has 1 aromatic carbocycles. The highest BCUT2D eigenvalue weighted by atomic mass is 16.5. The van der Waals surface area contributed by atoms with Crippen LogP contribution < -0.4 is 15.4 Å². The minimum absolute atomic E-state index is 0.0448. The Morgan fingerprint density at radius 1 is 1.44 bits per heavy atom. The van der Waals surface area contributed by atoms with Gasteiger partial charge in [-0.25, -0.2) is 0 Å². The second-order valence-corrected chi connectivity index (χ2v) is 3.31. The highest BCUT2D eigenvalue weighted by molar-refractivity contribution is 5.94. The second kappa shape index (κ2) is 5.37. The number of nitrogens with zero attached hydrogens (tertiary/aromatic N) is 1. The summed E-state index contributed by atoms with van der Waals surface area (Å²) in [6, 6.07) is 5.17. The van der Waals surface area contributed by atoms with E-state index in [1.54, 1.807) is 25.2 Å². The monoisotopic (exact) mass is 224 g/mol. The molecule has 0 saturated carbocycles. The largest absolute Gasteiger partial charge is 0.495 e. The van der Waals surface area contributed by atoms with Crippen LogP contribution in [0.15, 0.2) is 18.2 Å². The van der Waals surface area contributed by atoms with Crippen LogP contribution in [-0.2, 0) is 9.53 Å². The molecule has 2 N–H and O–H groups in total. The van der Waals surface area contributed by atoms with Crippen molar-refractivity contribution in [1.82, 2.24) is 0 Å². The number of rotatable bonds is 4. The normalized spacial score (nSPS) is 9.94. The van der Waals surface area contributed by atoms with E-state index in [4.69, 9.17) is 15.2 Å². The van der Waals surface area contributed by atoms with Gasteiger partial charge >= 0.3 is 0 Å². The Balaban J connectivity index is 2.91. The Labute approximate surface area is 94.7 Å². The molecule has 1 aromatic rings. The van der Waals surface area contributed by atoms with E-state index in [0.29, 0.717) is 17.1 Å². The minimum Gasteiger partial charge on any atom is -0.495 e. The predicted octanol–water partition coefficient (Wildman–Crippen LogP) is 0.887. The molecular weight excluding hydrogens is 208 g/mol. The summed E-state index contributed by atoms with van der Waals surface area (Å²) in [4.78, 5) is 13.0. The Bertz CT molecular complexity index is 379. The van der Waals surface area contributed by atoms with Crippen molar-refractivity contribution in [3.8, 4) is 5.75 Å². The summed E-state index contributed by atoms with van der Waals surface area (Å²) in [5, 5.41) is 0. The first kappa shape index (κ1) is 12.3. The number of amides is 1. The van der Waals surface area contributed by atoms with Gasteiger partial charge in [-0.15, -0.1) is 0 Å². The van der Waals surface area contributed by atoms with Gasteiger partial charge in [0.15, 0.2) is 0 Å². The van der Waals surface area contributed by atoms with Gasteiger partial charge in [0.25, 0.3) is 5.91 Å². The van der Waals surface area contributed by atoms with Gasteiger partial charge in [0.1, 0.15) is 12.4 Å². The summed E-state index contributed by atoms with van der Waals surface area (Å²) in [5.41, 5.74) is 6.94. The molecule has 5 nitrogen and oxygen atoms in total. The van der Waals surface area contributed by atoms with Crippen molar-refractivity contribution in [1.29, 1.82) is 0 Å². The van der Waals surface area contributed by atoms with E-state index in [1.807, 2.05) is 0 Å². The van der Waals surface area contributed by atoms with Gasteiger partial charge in [-0.05, 0) is 12.1 Å². The number of nitrogens with two attached hydrogens (primary N) is 1. The lowest BCUT2D eigenvalue weighted by Gasteiger charge is -2.18. The molecule has 16 heavy (non-hydrogen) atoms. The quantitative estimate of drug-likeness (QED) is 0.771. The first-order valence-corrected chi connectivity index (χ1v) is 4.79. The highest BCUT2D eigenvalue weighted by Gasteiger charge is 2.11. The fourth-order valence-electron chi connectivity index (χ4n) is 1.27. The first-order chi connectivity index (χ1) is 7.60.